The lowest BCUT2D eigenvalue weighted by atomic mass is 9.99. The predicted molar refractivity (Wildman–Crippen MR) is 49.3 cm³/mol. The summed E-state index contributed by atoms with van der Waals surface area (Å²) in [6, 6.07) is 3.22. The maximum atomic E-state index is 13.1. The lowest BCUT2D eigenvalue weighted by Gasteiger charge is -2.15. The minimum absolute atomic E-state index is 0.139. The van der Waals surface area contributed by atoms with Crippen molar-refractivity contribution in [3.05, 3.63) is 35.1 Å². The molecule has 0 radical (unpaired) electrons. The number of halogens is 4. The van der Waals surface area contributed by atoms with E-state index in [1.165, 1.54) is 12.1 Å². The average Bonchev–Trinajstić information content (AvgIpc) is 2.80. The van der Waals surface area contributed by atoms with Gasteiger partial charge in [-0.1, -0.05) is 12.1 Å². The molecule has 1 aromatic rings. The summed E-state index contributed by atoms with van der Waals surface area (Å²) in [5.41, 5.74) is -2.49. The highest BCUT2D eigenvalue weighted by Gasteiger charge is 2.44. The molecule has 0 amide bonds. The minimum Gasteiger partial charge on any atom is -0.390 e. The fraction of sp³-hybridized carbons (Fsp3) is 0.455. The number of hydrogen-bond donors (Lipinski definition) is 1. The van der Waals surface area contributed by atoms with E-state index in [0.29, 0.717) is 12.8 Å². The molecular formula is C11H10F4O. The van der Waals surface area contributed by atoms with Crippen molar-refractivity contribution in [2.24, 2.45) is 0 Å². The highest BCUT2D eigenvalue weighted by Crippen LogP contribution is 2.42. The maximum absolute atomic E-state index is 13.1. The first-order chi connectivity index (χ1) is 7.32. The van der Waals surface area contributed by atoms with Crippen LogP contribution in [0.15, 0.2) is 18.2 Å². The Morgan fingerprint density at radius 3 is 2.38 bits per heavy atom. The Morgan fingerprint density at radius 1 is 1.25 bits per heavy atom. The molecule has 0 bridgehead atoms. The topological polar surface area (TPSA) is 20.2 Å². The van der Waals surface area contributed by atoms with E-state index in [9.17, 15) is 22.7 Å². The zero-order valence-corrected chi connectivity index (χ0v) is 8.31. The SMILES string of the molecule is OC1(Cc2cccc(F)c2C(F)(F)F)CC1. The zero-order chi connectivity index (χ0) is 12.0. The number of rotatable bonds is 2. The maximum Gasteiger partial charge on any atom is 0.419 e. The van der Waals surface area contributed by atoms with Crippen LogP contribution in [0, 0.1) is 5.82 Å². The van der Waals surface area contributed by atoms with Gasteiger partial charge in [-0.25, -0.2) is 4.39 Å². The van der Waals surface area contributed by atoms with Gasteiger partial charge in [-0.2, -0.15) is 13.2 Å². The zero-order valence-electron chi connectivity index (χ0n) is 8.31. The van der Waals surface area contributed by atoms with Crippen LogP contribution >= 0.6 is 0 Å². The molecule has 0 atom stereocenters. The normalized spacial score (nSPS) is 18.6. The van der Waals surface area contributed by atoms with E-state index in [-0.39, 0.29) is 12.0 Å². The van der Waals surface area contributed by atoms with Crippen LogP contribution in [-0.2, 0) is 12.6 Å². The number of benzene rings is 1. The van der Waals surface area contributed by atoms with Crippen molar-refractivity contribution in [3.63, 3.8) is 0 Å². The molecule has 2 rings (SSSR count). The van der Waals surface area contributed by atoms with E-state index < -0.39 is 23.2 Å². The standard InChI is InChI=1S/C11H10F4O/c12-8-3-1-2-7(6-10(16)4-5-10)9(8)11(13,14)15/h1-3,16H,4-6H2. The van der Waals surface area contributed by atoms with Crippen LogP contribution < -0.4 is 0 Å². The molecule has 1 nitrogen and oxygen atoms in total. The second kappa shape index (κ2) is 3.45. The summed E-state index contributed by atoms with van der Waals surface area (Å²) in [5, 5.41) is 9.57. The first-order valence-corrected chi connectivity index (χ1v) is 4.89. The summed E-state index contributed by atoms with van der Waals surface area (Å²) in [5.74, 6) is -1.28. The van der Waals surface area contributed by atoms with Crippen LogP contribution in [0.3, 0.4) is 0 Å². The lowest BCUT2D eigenvalue weighted by Crippen LogP contribution is -2.18. The average molecular weight is 234 g/mol. The molecule has 0 spiro atoms. The molecule has 0 heterocycles. The molecule has 1 saturated carbocycles. The van der Waals surface area contributed by atoms with Crippen LogP contribution in [0.2, 0.25) is 0 Å². The molecule has 5 heteroatoms. The van der Waals surface area contributed by atoms with Crippen LogP contribution in [0.25, 0.3) is 0 Å². The molecule has 1 aliphatic rings. The van der Waals surface area contributed by atoms with Crippen molar-refractivity contribution in [2.45, 2.75) is 31.0 Å². The lowest BCUT2D eigenvalue weighted by molar-refractivity contribution is -0.140. The van der Waals surface area contributed by atoms with Crippen LogP contribution in [-0.4, -0.2) is 10.7 Å². The Balaban J connectivity index is 2.40. The number of hydrogen-bond acceptors (Lipinski definition) is 1. The highest BCUT2D eigenvalue weighted by atomic mass is 19.4. The second-order valence-corrected chi connectivity index (χ2v) is 4.17. The third kappa shape index (κ3) is 2.19. The Kier molecular flexibility index (Phi) is 2.45. The van der Waals surface area contributed by atoms with E-state index in [2.05, 4.69) is 0 Å². The van der Waals surface area contributed by atoms with E-state index >= 15 is 0 Å². The Morgan fingerprint density at radius 2 is 1.88 bits per heavy atom. The van der Waals surface area contributed by atoms with Gasteiger partial charge in [0.1, 0.15) is 5.82 Å². The summed E-state index contributed by atoms with van der Waals surface area (Å²) in [6.45, 7) is 0. The summed E-state index contributed by atoms with van der Waals surface area (Å²) in [4.78, 5) is 0. The Bertz CT molecular complexity index is 407. The summed E-state index contributed by atoms with van der Waals surface area (Å²) in [7, 11) is 0. The molecule has 1 fully saturated rings. The van der Waals surface area contributed by atoms with Gasteiger partial charge in [-0.3, -0.25) is 0 Å². The smallest absolute Gasteiger partial charge is 0.390 e. The Hall–Kier alpha value is -1.10. The van der Waals surface area contributed by atoms with Gasteiger partial charge in [0.15, 0.2) is 0 Å². The van der Waals surface area contributed by atoms with Crippen molar-refractivity contribution >= 4 is 0 Å². The quantitative estimate of drug-likeness (QED) is 0.780. The van der Waals surface area contributed by atoms with Crippen molar-refractivity contribution in [2.75, 3.05) is 0 Å². The predicted octanol–water partition coefficient (Wildman–Crippen LogP) is 2.91. The van der Waals surface area contributed by atoms with Gasteiger partial charge in [0.25, 0.3) is 0 Å². The monoisotopic (exact) mass is 234 g/mol. The molecule has 88 valence electrons. The minimum atomic E-state index is -4.72. The molecule has 0 aliphatic heterocycles. The third-order valence-electron chi connectivity index (χ3n) is 2.73. The summed E-state index contributed by atoms with van der Waals surface area (Å²) >= 11 is 0. The molecule has 1 aromatic carbocycles. The Labute approximate surface area is 89.7 Å². The van der Waals surface area contributed by atoms with Crippen LogP contribution in [0.1, 0.15) is 24.0 Å². The summed E-state index contributed by atoms with van der Waals surface area (Å²) in [6.07, 6.45) is -3.91. The molecule has 0 saturated heterocycles. The van der Waals surface area contributed by atoms with E-state index in [4.69, 9.17) is 0 Å². The molecule has 16 heavy (non-hydrogen) atoms. The van der Waals surface area contributed by atoms with Gasteiger partial charge >= 0.3 is 6.18 Å². The largest absolute Gasteiger partial charge is 0.419 e. The van der Waals surface area contributed by atoms with Crippen molar-refractivity contribution in [1.82, 2.24) is 0 Å². The second-order valence-electron chi connectivity index (χ2n) is 4.17. The first kappa shape index (κ1) is 11.4. The number of alkyl halides is 3. The van der Waals surface area contributed by atoms with Gasteiger partial charge in [0, 0.05) is 6.42 Å². The molecule has 1 aliphatic carbocycles. The third-order valence-corrected chi connectivity index (χ3v) is 2.73. The molecule has 0 unspecified atom stereocenters. The van der Waals surface area contributed by atoms with Gasteiger partial charge in [-0.15, -0.1) is 0 Å². The highest BCUT2D eigenvalue weighted by molar-refractivity contribution is 5.33. The van der Waals surface area contributed by atoms with Gasteiger partial charge in [-0.05, 0) is 24.5 Å². The van der Waals surface area contributed by atoms with E-state index in [0.717, 1.165) is 6.07 Å². The molecular weight excluding hydrogens is 224 g/mol. The van der Waals surface area contributed by atoms with Crippen LogP contribution in [0.5, 0.6) is 0 Å². The van der Waals surface area contributed by atoms with E-state index in [1.54, 1.807) is 0 Å². The van der Waals surface area contributed by atoms with Crippen molar-refractivity contribution in [3.8, 4) is 0 Å². The molecule has 0 aromatic heterocycles. The fourth-order valence-corrected chi connectivity index (χ4v) is 1.71. The van der Waals surface area contributed by atoms with Gasteiger partial charge < -0.3 is 5.11 Å². The van der Waals surface area contributed by atoms with Crippen molar-refractivity contribution in [1.29, 1.82) is 0 Å². The first-order valence-electron chi connectivity index (χ1n) is 4.89. The van der Waals surface area contributed by atoms with Gasteiger partial charge in [0.05, 0.1) is 11.2 Å². The number of aliphatic hydroxyl groups is 1. The van der Waals surface area contributed by atoms with Crippen molar-refractivity contribution < 1.29 is 22.7 Å². The molecule has 1 N–H and O–H groups in total. The summed E-state index contributed by atoms with van der Waals surface area (Å²) < 4.78 is 50.9. The fourth-order valence-electron chi connectivity index (χ4n) is 1.71. The van der Waals surface area contributed by atoms with E-state index in [1.807, 2.05) is 0 Å². The van der Waals surface area contributed by atoms with Gasteiger partial charge in [0.2, 0.25) is 0 Å². The van der Waals surface area contributed by atoms with Crippen LogP contribution in [0.4, 0.5) is 17.6 Å².